The number of aliphatic hydroxyl groups is 2. The molecular weight excluding hydrogens is 152 g/mol. The molecule has 0 aromatic heterocycles. The van der Waals surface area contributed by atoms with Crippen LogP contribution in [0.5, 0.6) is 0 Å². The van der Waals surface area contributed by atoms with Gasteiger partial charge in [-0.2, -0.15) is 0 Å². The van der Waals surface area contributed by atoms with E-state index in [1.165, 1.54) is 0 Å². The first kappa shape index (κ1) is 11.5. The largest absolute Gasteiger partial charge is 0.390 e. The van der Waals surface area contributed by atoms with Gasteiger partial charge in [-0.05, 0) is 19.8 Å². The van der Waals surface area contributed by atoms with Crippen LogP contribution in [0.1, 0.15) is 39.5 Å². The van der Waals surface area contributed by atoms with E-state index in [1.54, 1.807) is 6.92 Å². The van der Waals surface area contributed by atoms with Gasteiger partial charge in [-0.25, -0.2) is 0 Å². The molecule has 0 saturated carbocycles. The van der Waals surface area contributed by atoms with Gasteiger partial charge in [0, 0.05) is 6.42 Å². The molecule has 0 aromatic carbocycles. The van der Waals surface area contributed by atoms with Crippen molar-refractivity contribution in [3.63, 3.8) is 0 Å². The molecule has 0 aliphatic carbocycles. The average molecular weight is 170 g/mol. The number of hydrogen-bond acceptors (Lipinski definition) is 2. The first-order valence-electron chi connectivity index (χ1n) is 4.48. The lowest BCUT2D eigenvalue weighted by Crippen LogP contribution is -2.25. The topological polar surface area (TPSA) is 40.5 Å². The Morgan fingerprint density at radius 2 is 1.75 bits per heavy atom. The zero-order valence-corrected chi connectivity index (χ0v) is 7.88. The van der Waals surface area contributed by atoms with E-state index in [9.17, 15) is 10.2 Å². The SMILES string of the molecule is CC#CCCC(O)C(O)CCC. The molecule has 0 fully saturated rings. The molecule has 0 aliphatic rings. The molecular formula is C10H18O2. The van der Waals surface area contributed by atoms with E-state index in [1.807, 2.05) is 6.92 Å². The fourth-order valence-electron chi connectivity index (χ4n) is 1.03. The molecule has 0 aliphatic heterocycles. The van der Waals surface area contributed by atoms with Crippen LogP contribution in [0.2, 0.25) is 0 Å². The fourth-order valence-corrected chi connectivity index (χ4v) is 1.03. The Labute approximate surface area is 74.6 Å². The zero-order chi connectivity index (χ0) is 9.40. The second-order valence-corrected chi connectivity index (χ2v) is 2.89. The molecule has 12 heavy (non-hydrogen) atoms. The zero-order valence-electron chi connectivity index (χ0n) is 7.88. The third kappa shape index (κ3) is 5.17. The smallest absolute Gasteiger partial charge is 0.0808 e. The summed E-state index contributed by atoms with van der Waals surface area (Å²) in [7, 11) is 0. The summed E-state index contributed by atoms with van der Waals surface area (Å²) in [5.41, 5.74) is 0. The summed E-state index contributed by atoms with van der Waals surface area (Å²) in [5, 5.41) is 18.7. The molecule has 2 atom stereocenters. The van der Waals surface area contributed by atoms with Gasteiger partial charge in [-0.15, -0.1) is 11.8 Å². The normalized spacial score (nSPS) is 14.7. The van der Waals surface area contributed by atoms with Crippen molar-refractivity contribution in [2.45, 2.75) is 51.7 Å². The molecule has 0 rings (SSSR count). The summed E-state index contributed by atoms with van der Waals surface area (Å²) >= 11 is 0. The summed E-state index contributed by atoms with van der Waals surface area (Å²) in [4.78, 5) is 0. The Morgan fingerprint density at radius 3 is 2.25 bits per heavy atom. The van der Waals surface area contributed by atoms with E-state index >= 15 is 0 Å². The fraction of sp³-hybridized carbons (Fsp3) is 0.800. The summed E-state index contributed by atoms with van der Waals surface area (Å²) < 4.78 is 0. The maximum Gasteiger partial charge on any atom is 0.0808 e. The lowest BCUT2D eigenvalue weighted by atomic mass is 10.0. The summed E-state index contributed by atoms with van der Waals surface area (Å²) in [6.45, 7) is 3.76. The quantitative estimate of drug-likeness (QED) is 0.611. The van der Waals surface area contributed by atoms with Crippen molar-refractivity contribution in [1.82, 2.24) is 0 Å². The van der Waals surface area contributed by atoms with E-state index in [0.29, 0.717) is 19.3 Å². The second kappa shape index (κ2) is 7.15. The van der Waals surface area contributed by atoms with Crippen molar-refractivity contribution < 1.29 is 10.2 Å². The van der Waals surface area contributed by atoms with Crippen LogP contribution in [0.4, 0.5) is 0 Å². The Bertz CT molecular complexity index is 155. The van der Waals surface area contributed by atoms with Gasteiger partial charge in [0.15, 0.2) is 0 Å². The molecule has 0 amide bonds. The van der Waals surface area contributed by atoms with Gasteiger partial charge in [0.05, 0.1) is 12.2 Å². The van der Waals surface area contributed by atoms with Crippen LogP contribution >= 0.6 is 0 Å². The van der Waals surface area contributed by atoms with Gasteiger partial charge >= 0.3 is 0 Å². The lowest BCUT2D eigenvalue weighted by molar-refractivity contribution is 0.0105. The van der Waals surface area contributed by atoms with Gasteiger partial charge < -0.3 is 10.2 Å². The van der Waals surface area contributed by atoms with Crippen LogP contribution in [0.3, 0.4) is 0 Å². The lowest BCUT2D eigenvalue weighted by Gasteiger charge is -2.15. The van der Waals surface area contributed by atoms with Gasteiger partial charge in [0.1, 0.15) is 0 Å². The van der Waals surface area contributed by atoms with E-state index in [2.05, 4.69) is 11.8 Å². The highest BCUT2D eigenvalue weighted by atomic mass is 16.3. The van der Waals surface area contributed by atoms with Crippen LogP contribution in [0.25, 0.3) is 0 Å². The molecule has 0 aromatic rings. The Hall–Kier alpha value is -0.520. The van der Waals surface area contributed by atoms with Crippen molar-refractivity contribution in [3.05, 3.63) is 0 Å². The third-order valence-corrected chi connectivity index (χ3v) is 1.77. The van der Waals surface area contributed by atoms with Crippen LogP contribution in [-0.4, -0.2) is 22.4 Å². The van der Waals surface area contributed by atoms with Crippen molar-refractivity contribution in [2.24, 2.45) is 0 Å². The Morgan fingerprint density at radius 1 is 1.17 bits per heavy atom. The first-order valence-corrected chi connectivity index (χ1v) is 4.48. The monoisotopic (exact) mass is 170 g/mol. The summed E-state index contributed by atoms with van der Waals surface area (Å²) in [6.07, 6.45) is 1.62. The van der Waals surface area contributed by atoms with Crippen LogP contribution in [-0.2, 0) is 0 Å². The molecule has 0 bridgehead atoms. The van der Waals surface area contributed by atoms with Crippen LogP contribution in [0.15, 0.2) is 0 Å². The summed E-state index contributed by atoms with van der Waals surface area (Å²) in [5.74, 6) is 5.61. The van der Waals surface area contributed by atoms with Crippen molar-refractivity contribution in [3.8, 4) is 11.8 Å². The third-order valence-electron chi connectivity index (χ3n) is 1.77. The number of aliphatic hydroxyl groups excluding tert-OH is 2. The molecule has 0 saturated heterocycles. The molecule has 2 heteroatoms. The van der Waals surface area contributed by atoms with Gasteiger partial charge in [0.2, 0.25) is 0 Å². The average Bonchev–Trinajstić information content (AvgIpc) is 2.05. The van der Waals surface area contributed by atoms with E-state index in [4.69, 9.17) is 0 Å². The number of hydrogen-bond donors (Lipinski definition) is 2. The van der Waals surface area contributed by atoms with E-state index in [0.717, 1.165) is 6.42 Å². The highest BCUT2D eigenvalue weighted by Crippen LogP contribution is 2.07. The maximum absolute atomic E-state index is 9.36. The molecule has 0 radical (unpaired) electrons. The molecule has 0 spiro atoms. The van der Waals surface area contributed by atoms with Crippen molar-refractivity contribution >= 4 is 0 Å². The van der Waals surface area contributed by atoms with Crippen molar-refractivity contribution in [2.75, 3.05) is 0 Å². The predicted octanol–water partition coefficient (Wildman–Crippen LogP) is 1.31. The molecule has 2 N–H and O–H groups in total. The molecule has 2 nitrogen and oxygen atoms in total. The predicted molar refractivity (Wildman–Crippen MR) is 49.6 cm³/mol. The Balaban J connectivity index is 3.53. The van der Waals surface area contributed by atoms with Crippen LogP contribution < -0.4 is 0 Å². The second-order valence-electron chi connectivity index (χ2n) is 2.89. The standard InChI is InChI=1S/C10H18O2/c1-3-5-6-8-10(12)9(11)7-4-2/h9-12H,4,6-8H2,1-2H3. The molecule has 0 heterocycles. The van der Waals surface area contributed by atoms with Gasteiger partial charge in [0.25, 0.3) is 0 Å². The highest BCUT2D eigenvalue weighted by molar-refractivity contribution is 4.95. The van der Waals surface area contributed by atoms with Gasteiger partial charge in [-0.3, -0.25) is 0 Å². The maximum atomic E-state index is 9.36. The van der Waals surface area contributed by atoms with Crippen LogP contribution in [0, 0.1) is 11.8 Å². The van der Waals surface area contributed by atoms with Gasteiger partial charge in [-0.1, -0.05) is 13.3 Å². The highest BCUT2D eigenvalue weighted by Gasteiger charge is 2.13. The van der Waals surface area contributed by atoms with E-state index < -0.39 is 12.2 Å². The first-order chi connectivity index (χ1) is 5.72. The molecule has 70 valence electrons. The number of rotatable bonds is 5. The molecule has 2 unspecified atom stereocenters. The minimum atomic E-state index is -0.606. The van der Waals surface area contributed by atoms with Crippen molar-refractivity contribution in [1.29, 1.82) is 0 Å². The minimum Gasteiger partial charge on any atom is -0.390 e. The Kier molecular flexibility index (Phi) is 6.84. The minimum absolute atomic E-state index is 0.571. The summed E-state index contributed by atoms with van der Waals surface area (Å²) in [6, 6.07) is 0. The van der Waals surface area contributed by atoms with E-state index in [-0.39, 0.29) is 0 Å².